The van der Waals surface area contributed by atoms with Crippen LogP contribution in [0, 0.1) is 18.3 Å². The second kappa shape index (κ2) is 4.89. The predicted molar refractivity (Wildman–Crippen MR) is 81.3 cm³/mol. The van der Waals surface area contributed by atoms with Crippen molar-refractivity contribution in [1.29, 1.82) is 5.26 Å². The zero-order valence-corrected chi connectivity index (χ0v) is 12.6. The van der Waals surface area contributed by atoms with Crippen LogP contribution in [0.15, 0.2) is 36.5 Å². The van der Waals surface area contributed by atoms with Crippen LogP contribution in [-0.4, -0.2) is 10.6 Å². The van der Waals surface area contributed by atoms with E-state index in [1.54, 1.807) is 6.07 Å². The van der Waals surface area contributed by atoms with Gasteiger partial charge in [0.25, 0.3) is 0 Å². The Kier molecular flexibility index (Phi) is 3.17. The SMILES string of the molecule is Cc1ccc(C2CC(C)(C)Oc3ccc(C#N)cc32)nc1. The lowest BCUT2D eigenvalue weighted by Crippen LogP contribution is -2.35. The smallest absolute Gasteiger partial charge is 0.124 e. The van der Waals surface area contributed by atoms with Crippen LogP contribution in [0.4, 0.5) is 0 Å². The standard InChI is InChI=1S/C18H18N2O/c1-12-4-6-16(20-11-12)15-9-18(2,3)21-17-7-5-13(10-19)8-14(15)17/h4-8,11,15H,9H2,1-3H3. The molecular formula is C18H18N2O. The van der Waals surface area contributed by atoms with Crippen molar-refractivity contribution in [1.82, 2.24) is 4.98 Å². The van der Waals surface area contributed by atoms with Gasteiger partial charge >= 0.3 is 0 Å². The number of hydrogen-bond donors (Lipinski definition) is 0. The monoisotopic (exact) mass is 278 g/mol. The zero-order chi connectivity index (χ0) is 15.0. The molecule has 3 rings (SSSR count). The third-order valence-corrected chi connectivity index (χ3v) is 3.89. The number of ether oxygens (including phenoxy) is 1. The van der Waals surface area contributed by atoms with Gasteiger partial charge in [0.05, 0.1) is 11.6 Å². The number of benzene rings is 1. The van der Waals surface area contributed by atoms with E-state index in [9.17, 15) is 0 Å². The molecule has 0 amide bonds. The van der Waals surface area contributed by atoms with Gasteiger partial charge in [0.1, 0.15) is 11.4 Å². The number of nitrogens with zero attached hydrogens (tertiary/aromatic N) is 2. The van der Waals surface area contributed by atoms with Gasteiger partial charge in [0.2, 0.25) is 0 Å². The van der Waals surface area contributed by atoms with Crippen LogP contribution < -0.4 is 4.74 Å². The van der Waals surface area contributed by atoms with Crippen LogP contribution in [0.25, 0.3) is 0 Å². The summed E-state index contributed by atoms with van der Waals surface area (Å²) < 4.78 is 6.06. The summed E-state index contributed by atoms with van der Waals surface area (Å²) in [5, 5.41) is 9.13. The normalized spacial score (nSPS) is 19.2. The summed E-state index contributed by atoms with van der Waals surface area (Å²) in [6.45, 7) is 6.22. The highest BCUT2D eigenvalue weighted by Gasteiger charge is 2.35. The molecule has 0 fully saturated rings. The third-order valence-electron chi connectivity index (χ3n) is 3.89. The Morgan fingerprint density at radius 1 is 1.29 bits per heavy atom. The van der Waals surface area contributed by atoms with Crippen LogP contribution in [0.5, 0.6) is 5.75 Å². The predicted octanol–water partition coefficient (Wildman–Crippen LogP) is 3.95. The van der Waals surface area contributed by atoms with Crippen molar-refractivity contribution < 1.29 is 4.74 Å². The highest BCUT2D eigenvalue weighted by Crippen LogP contribution is 2.43. The first-order valence-electron chi connectivity index (χ1n) is 7.14. The maximum Gasteiger partial charge on any atom is 0.124 e. The Morgan fingerprint density at radius 3 is 2.76 bits per heavy atom. The van der Waals surface area contributed by atoms with E-state index in [4.69, 9.17) is 10.00 Å². The summed E-state index contributed by atoms with van der Waals surface area (Å²) in [6.07, 6.45) is 2.75. The molecule has 0 saturated carbocycles. The number of nitriles is 1. The van der Waals surface area contributed by atoms with Crippen molar-refractivity contribution in [3.63, 3.8) is 0 Å². The van der Waals surface area contributed by atoms with Gasteiger partial charge < -0.3 is 4.74 Å². The molecule has 3 nitrogen and oxygen atoms in total. The number of hydrogen-bond acceptors (Lipinski definition) is 3. The lowest BCUT2D eigenvalue weighted by atomic mass is 9.81. The van der Waals surface area contributed by atoms with Crippen molar-refractivity contribution in [2.24, 2.45) is 0 Å². The summed E-state index contributed by atoms with van der Waals surface area (Å²) in [5.74, 6) is 1.02. The fourth-order valence-electron chi connectivity index (χ4n) is 2.87. The van der Waals surface area contributed by atoms with E-state index in [1.165, 1.54) is 0 Å². The van der Waals surface area contributed by atoms with Gasteiger partial charge in [-0.1, -0.05) is 6.07 Å². The van der Waals surface area contributed by atoms with Crippen molar-refractivity contribution >= 4 is 0 Å². The van der Waals surface area contributed by atoms with Gasteiger partial charge in [-0.15, -0.1) is 0 Å². The molecule has 2 aromatic rings. The summed E-state index contributed by atoms with van der Waals surface area (Å²) in [5.41, 5.74) is 3.67. The molecule has 21 heavy (non-hydrogen) atoms. The molecule has 2 heterocycles. The molecule has 0 bridgehead atoms. The molecule has 0 spiro atoms. The summed E-state index contributed by atoms with van der Waals surface area (Å²) >= 11 is 0. The number of pyridine rings is 1. The largest absolute Gasteiger partial charge is 0.488 e. The van der Waals surface area contributed by atoms with Gasteiger partial charge in [-0.2, -0.15) is 5.26 Å². The van der Waals surface area contributed by atoms with Crippen molar-refractivity contribution in [3.05, 3.63) is 58.9 Å². The minimum absolute atomic E-state index is 0.164. The molecule has 1 aromatic heterocycles. The van der Waals surface area contributed by atoms with Crippen LogP contribution in [0.1, 0.15) is 48.6 Å². The average molecular weight is 278 g/mol. The second-order valence-electron chi connectivity index (χ2n) is 6.24. The van der Waals surface area contributed by atoms with Crippen molar-refractivity contribution in [2.45, 2.75) is 38.7 Å². The lowest BCUT2D eigenvalue weighted by molar-refractivity contribution is 0.0769. The van der Waals surface area contributed by atoms with E-state index in [1.807, 2.05) is 25.3 Å². The van der Waals surface area contributed by atoms with Crippen LogP contribution in [0.3, 0.4) is 0 Å². The Hall–Kier alpha value is -2.34. The van der Waals surface area contributed by atoms with E-state index in [2.05, 4.69) is 37.0 Å². The first-order valence-corrected chi connectivity index (χ1v) is 7.14. The quantitative estimate of drug-likeness (QED) is 0.793. The zero-order valence-electron chi connectivity index (χ0n) is 12.6. The molecule has 1 aliphatic heterocycles. The summed E-state index contributed by atoms with van der Waals surface area (Å²) in [6, 6.07) is 12.0. The Bertz CT molecular complexity index is 711. The van der Waals surface area contributed by atoms with E-state index >= 15 is 0 Å². The number of aryl methyl sites for hydroxylation is 1. The van der Waals surface area contributed by atoms with Gasteiger partial charge in [-0.05, 0) is 57.0 Å². The molecule has 3 heteroatoms. The molecule has 1 atom stereocenters. The first-order chi connectivity index (χ1) is 9.98. The van der Waals surface area contributed by atoms with Gasteiger partial charge in [0.15, 0.2) is 0 Å². The van der Waals surface area contributed by atoms with Gasteiger partial charge in [-0.3, -0.25) is 4.98 Å². The molecular weight excluding hydrogens is 260 g/mol. The van der Waals surface area contributed by atoms with Crippen LogP contribution in [0.2, 0.25) is 0 Å². The number of fused-ring (bicyclic) bond motifs is 1. The third kappa shape index (κ3) is 2.62. The molecule has 106 valence electrons. The fraction of sp³-hybridized carbons (Fsp3) is 0.333. The maximum atomic E-state index is 9.13. The molecule has 0 saturated heterocycles. The molecule has 0 radical (unpaired) electrons. The minimum Gasteiger partial charge on any atom is -0.488 e. The molecule has 1 aliphatic rings. The van der Waals surface area contributed by atoms with Gasteiger partial charge in [0, 0.05) is 23.4 Å². The van der Waals surface area contributed by atoms with Crippen LogP contribution in [-0.2, 0) is 0 Å². The van der Waals surface area contributed by atoms with E-state index in [0.717, 1.165) is 29.0 Å². The number of aromatic nitrogens is 1. The summed E-state index contributed by atoms with van der Waals surface area (Å²) in [7, 11) is 0. The highest BCUT2D eigenvalue weighted by atomic mass is 16.5. The Labute approximate surface area is 125 Å². The highest BCUT2D eigenvalue weighted by molar-refractivity contribution is 5.48. The van der Waals surface area contributed by atoms with Crippen molar-refractivity contribution in [3.8, 4) is 11.8 Å². The van der Waals surface area contributed by atoms with Gasteiger partial charge in [-0.25, -0.2) is 0 Å². The topological polar surface area (TPSA) is 45.9 Å². The Balaban J connectivity index is 2.12. The van der Waals surface area contributed by atoms with E-state index < -0.39 is 0 Å². The molecule has 0 N–H and O–H groups in total. The summed E-state index contributed by atoms with van der Waals surface area (Å²) in [4.78, 5) is 4.58. The fourth-order valence-corrected chi connectivity index (χ4v) is 2.87. The maximum absolute atomic E-state index is 9.13. The first kappa shape index (κ1) is 13.6. The molecule has 1 unspecified atom stereocenters. The Morgan fingerprint density at radius 2 is 2.10 bits per heavy atom. The average Bonchev–Trinajstić information content (AvgIpc) is 2.46. The number of rotatable bonds is 1. The van der Waals surface area contributed by atoms with E-state index in [-0.39, 0.29) is 11.5 Å². The van der Waals surface area contributed by atoms with Crippen molar-refractivity contribution in [2.75, 3.05) is 0 Å². The van der Waals surface area contributed by atoms with Crippen LogP contribution >= 0.6 is 0 Å². The second-order valence-corrected chi connectivity index (χ2v) is 6.24. The lowest BCUT2D eigenvalue weighted by Gasteiger charge is -2.37. The molecule has 0 aliphatic carbocycles. The molecule has 1 aromatic carbocycles. The van der Waals surface area contributed by atoms with E-state index in [0.29, 0.717) is 5.56 Å². The minimum atomic E-state index is -0.238.